The third-order valence-corrected chi connectivity index (χ3v) is 3.89. The van der Waals surface area contributed by atoms with Crippen LogP contribution in [0.25, 0.3) is 0 Å². The van der Waals surface area contributed by atoms with E-state index < -0.39 is 5.79 Å². The van der Waals surface area contributed by atoms with Crippen LogP contribution in [0.3, 0.4) is 0 Å². The van der Waals surface area contributed by atoms with Crippen LogP contribution in [0.2, 0.25) is 0 Å². The Labute approximate surface area is 97.7 Å². The van der Waals surface area contributed by atoms with E-state index in [2.05, 4.69) is 32.6 Å². The highest BCUT2D eigenvalue weighted by atomic mass is 127. The summed E-state index contributed by atoms with van der Waals surface area (Å²) in [5, 5.41) is 0. The Hall–Kier alpha value is 0.310. The molecule has 0 unspecified atom stereocenters. The van der Waals surface area contributed by atoms with Crippen molar-refractivity contribution in [3.63, 3.8) is 0 Å². The van der Waals surface area contributed by atoms with E-state index >= 15 is 0 Å². The lowest BCUT2D eigenvalue weighted by Crippen LogP contribution is -2.50. The van der Waals surface area contributed by atoms with Gasteiger partial charge in [0.25, 0.3) is 0 Å². The van der Waals surface area contributed by atoms with Crippen molar-refractivity contribution in [1.82, 2.24) is 3.11 Å². The summed E-state index contributed by atoms with van der Waals surface area (Å²) in [5.41, 5.74) is 1.10. The van der Waals surface area contributed by atoms with E-state index in [0.717, 1.165) is 12.1 Å². The lowest BCUT2D eigenvalue weighted by molar-refractivity contribution is -0.218. The lowest BCUT2D eigenvalue weighted by Gasteiger charge is -2.32. The highest BCUT2D eigenvalue weighted by molar-refractivity contribution is 14.1. The van der Waals surface area contributed by atoms with E-state index in [4.69, 9.17) is 14.2 Å². The van der Waals surface area contributed by atoms with Gasteiger partial charge in [-0.05, 0) is 5.57 Å². The maximum Gasteiger partial charge on any atom is 0.211 e. The standard InChI is InChI=1S/C9H14INO3/c1-6-4-11(10)8-7(6)14-5-9(8,12-2)13-3/h7-8H,1,4-5H2,2-3H3/t7-,8+/m1/s1. The summed E-state index contributed by atoms with van der Waals surface area (Å²) in [6, 6.07) is 0.116. The van der Waals surface area contributed by atoms with Gasteiger partial charge < -0.3 is 14.2 Å². The molecule has 2 aliphatic rings. The van der Waals surface area contributed by atoms with Crippen molar-refractivity contribution in [2.24, 2.45) is 0 Å². The summed E-state index contributed by atoms with van der Waals surface area (Å²) < 4.78 is 18.7. The third kappa shape index (κ3) is 1.34. The highest BCUT2D eigenvalue weighted by Crippen LogP contribution is 2.41. The lowest BCUT2D eigenvalue weighted by atomic mass is 10.0. The number of hydrogen-bond acceptors (Lipinski definition) is 4. The monoisotopic (exact) mass is 311 g/mol. The minimum absolute atomic E-state index is 0.0480. The molecule has 2 atom stereocenters. The Morgan fingerprint density at radius 3 is 2.79 bits per heavy atom. The predicted octanol–water partition coefficient (Wildman–Crippen LogP) is 0.965. The van der Waals surface area contributed by atoms with Crippen LogP contribution in [0.1, 0.15) is 0 Å². The van der Waals surface area contributed by atoms with Gasteiger partial charge in [0, 0.05) is 43.6 Å². The Bertz CT molecular complexity index is 254. The molecule has 0 saturated carbocycles. The van der Waals surface area contributed by atoms with Crippen LogP contribution in [-0.2, 0) is 14.2 Å². The molecular weight excluding hydrogens is 297 g/mol. The molecule has 2 rings (SSSR count). The molecule has 14 heavy (non-hydrogen) atoms. The third-order valence-electron chi connectivity index (χ3n) is 2.95. The average molecular weight is 311 g/mol. The second-order valence-electron chi connectivity index (χ2n) is 3.61. The van der Waals surface area contributed by atoms with Crippen molar-refractivity contribution < 1.29 is 14.2 Å². The van der Waals surface area contributed by atoms with Crippen molar-refractivity contribution in [1.29, 1.82) is 0 Å². The maximum atomic E-state index is 5.66. The number of fused-ring (bicyclic) bond motifs is 1. The Morgan fingerprint density at radius 2 is 2.21 bits per heavy atom. The molecule has 2 fully saturated rings. The molecule has 0 aliphatic carbocycles. The molecule has 0 spiro atoms. The molecule has 0 aromatic rings. The summed E-state index contributed by atoms with van der Waals surface area (Å²) in [5.74, 6) is -0.634. The molecular formula is C9H14INO3. The van der Waals surface area contributed by atoms with Gasteiger partial charge in [-0.25, -0.2) is 3.11 Å². The number of ether oxygens (including phenoxy) is 3. The molecule has 5 heteroatoms. The van der Waals surface area contributed by atoms with E-state index in [-0.39, 0.29) is 12.1 Å². The van der Waals surface area contributed by atoms with Crippen molar-refractivity contribution in [3.8, 4) is 0 Å². The fourth-order valence-corrected chi connectivity index (χ4v) is 3.29. The molecule has 0 bridgehead atoms. The van der Waals surface area contributed by atoms with Crippen molar-refractivity contribution in [2.45, 2.75) is 17.9 Å². The quantitative estimate of drug-likeness (QED) is 0.329. The smallest absolute Gasteiger partial charge is 0.211 e. The largest absolute Gasteiger partial charge is 0.366 e. The number of halogens is 1. The van der Waals surface area contributed by atoms with Gasteiger partial charge in [0.15, 0.2) is 0 Å². The van der Waals surface area contributed by atoms with E-state index in [1.165, 1.54) is 0 Å². The first kappa shape index (κ1) is 10.8. The minimum atomic E-state index is -0.634. The van der Waals surface area contributed by atoms with Crippen LogP contribution in [-0.4, -0.2) is 48.4 Å². The predicted molar refractivity (Wildman–Crippen MR) is 60.1 cm³/mol. The molecule has 2 heterocycles. The zero-order valence-corrected chi connectivity index (χ0v) is 10.5. The SMILES string of the molecule is C=C1CN(I)[C@H]2[C@@H]1OCC2(OC)OC. The van der Waals surface area contributed by atoms with Crippen LogP contribution in [0, 0.1) is 0 Å². The van der Waals surface area contributed by atoms with Crippen molar-refractivity contribution in [3.05, 3.63) is 12.2 Å². The van der Waals surface area contributed by atoms with Crippen LogP contribution in [0.15, 0.2) is 12.2 Å². The van der Waals surface area contributed by atoms with Gasteiger partial charge in [-0.1, -0.05) is 6.58 Å². The van der Waals surface area contributed by atoms with Gasteiger partial charge in [-0.15, -0.1) is 0 Å². The fraction of sp³-hybridized carbons (Fsp3) is 0.778. The zero-order valence-electron chi connectivity index (χ0n) is 8.33. The molecule has 0 radical (unpaired) electrons. The van der Waals surface area contributed by atoms with E-state index in [9.17, 15) is 0 Å². The van der Waals surface area contributed by atoms with Gasteiger partial charge in [-0.3, -0.25) is 0 Å². The first-order chi connectivity index (χ1) is 6.64. The topological polar surface area (TPSA) is 30.9 Å². The second-order valence-corrected chi connectivity index (χ2v) is 4.85. The Morgan fingerprint density at radius 1 is 1.57 bits per heavy atom. The summed E-state index contributed by atoms with van der Waals surface area (Å²) in [4.78, 5) is 0. The highest BCUT2D eigenvalue weighted by Gasteiger charge is 2.57. The zero-order chi connectivity index (χ0) is 10.3. The number of nitrogens with zero attached hydrogens (tertiary/aromatic N) is 1. The maximum absolute atomic E-state index is 5.66. The molecule has 0 aromatic heterocycles. The van der Waals surface area contributed by atoms with Gasteiger partial charge in [0.2, 0.25) is 5.79 Å². The molecule has 80 valence electrons. The van der Waals surface area contributed by atoms with Crippen LogP contribution in [0.4, 0.5) is 0 Å². The summed E-state index contributed by atoms with van der Waals surface area (Å²) in [7, 11) is 3.31. The van der Waals surface area contributed by atoms with Crippen molar-refractivity contribution in [2.75, 3.05) is 27.4 Å². The fourth-order valence-electron chi connectivity index (χ4n) is 2.14. The summed E-state index contributed by atoms with van der Waals surface area (Å²) in [6.45, 7) is 5.30. The molecule has 0 amide bonds. The first-order valence-electron chi connectivity index (χ1n) is 4.46. The van der Waals surface area contributed by atoms with E-state index in [1.54, 1.807) is 14.2 Å². The number of methoxy groups -OCH3 is 2. The molecule has 2 aliphatic heterocycles. The number of rotatable bonds is 2. The Balaban J connectivity index is 2.28. The normalized spacial score (nSPS) is 36.4. The van der Waals surface area contributed by atoms with Gasteiger partial charge in [0.1, 0.15) is 18.8 Å². The average Bonchev–Trinajstić information content (AvgIpc) is 2.68. The molecule has 2 saturated heterocycles. The minimum Gasteiger partial charge on any atom is -0.366 e. The summed E-state index contributed by atoms with van der Waals surface area (Å²) in [6.07, 6.45) is 0.0480. The molecule has 4 nitrogen and oxygen atoms in total. The van der Waals surface area contributed by atoms with Crippen LogP contribution < -0.4 is 0 Å². The van der Waals surface area contributed by atoms with E-state index in [1.807, 2.05) is 0 Å². The summed E-state index contributed by atoms with van der Waals surface area (Å²) >= 11 is 2.27. The number of hydrogen-bond donors (Lipinski definition) is 0. The van der Waals surface area contributed by atoms with Crippen molar-refractivity contribution >= 4 is 22.9 Å². The first-order valence-corrected chi connectivity index (χ1v) is 5.43. The Kier molecular flexibility index (Phi) is 2.87. The van der Waals surface area contributed by atoms with E-state index in [0.29, 0.717) is 6.61 Å². The van der Waals surface area contributed by atoms with Gasteiger partial charge in [0.05, 0.1) is 0 Å². The van der Waals surface area contributed by atoms with Crippen LogP contribution >= 0.6 is 22.9 Å². The molecule has 0 N–H and O–H groups in total. The molecule has 0 aromatic carbocycles. The second kappa shape index (κ2) is 3.71. The van der Waals surface area contributed by atoms with Crippen LogP contribution in [0.5, 0.6) is 0 Å². The van der Waals surface area contributed by atoms with Gasteiger partial charge in [-0.2, -0.15) is 0 Å². The van der Waals surface area contributed by atoms with Gasteiger partial charge >= 0.3 is 0 Å².